The highest BCUT2D eigenvalue weighted by Crippen LogP contribution is 2.63. The number of fused-ring (bicyclic) bond motifs is 3. The number of carbonyl (C=O) groups excluding carboxylic acids is 3. The van der Waals surface area contributed by atoms with Crippen molar-refractivity contribution in [3.63, 3.8) is 0 Å². The number of rotatable bonds is 4. The summed E-state index contributed by atoms with van der Waals surface area (Å²) in [5, 5.41) is 0. The number of nitrogens with zero attached hydrogens (tertiary/aromatic N) is 1. The Morgan fingerprint density at radius 3 is 2.77 bits per heavy atom. The van der Waals surface area contributed by atoms with Gasteiger partial charge in [-0.1, -0.05) is 32.1 Å². The molecule has 170 valence electrons. The molecular formula is C24H33NO6. The van der Waals surface area contributed by atoms with Crippen LogP contribution in [0.4, 0.5) is 0 Å². The van der Waals surface area contributed by atoms with Gasteiger partial charge < -0.3 is 14.2 Å². The molecule has 0 aromatic rings. The van der Waals surface area contributed by atoms with Gasteiger partial charge in [-0.15, -0.1) is 0 Å². The summed E-state index contributed by atoms with van der Waals surface area (Å²) in [4.78, 5) is 36.7. The standard InChI is InChI=1S/C24H33NO6/c1-15-5-8-20-23(3,10-9-21-24(20,4)12-29-14-31-21)18(15)7-6-17-19(11-30-22(17)28)25(13-26)16(2)27/h6,13,18-21H,1,5,7-12,14H2,2-4H3/b17-6+/t18-,19?,20+,21-,23+,24+/m1/s1. The Kier molecular flexibility index (Phi) is 5.85. The smallest absolute Gasteiger partial charge is 0.336 e. The lowest BCUT2D eigenvalue weighted by Gasteiger charge is -2.61. The van der Waals surface area contributed by atoms with Crippen LogP contribution in [0.1, 0.15) is 52.9 Å². The second-order valence-corrected chi connectivity index (χ2v) is 10.0. The number of imide groups is 1. The minimum atomic E-state index is -0.656. The third-order valence-electron chi connectivity index (χ3n) is 8.43. The molecule has 0 aromatic carbocycles. The summed E-state index contributed by atoms with van der Waals surface area (Å²) < 4.78 is 16.9. The first-order valence-corrected chi connectivity index (χ1v) is 11.2. The second kappa shape index (κ2) is 8.17. The monoisotopic (exact) mass is 431 g/mol. The van der Waals surface area contributed by atoms with Gasteiger partial charge in [-0.25, -0.2) is 4.79 Å². The molecule has 0 N–H and O–H groups in total. The van der Waals surface area contributed by atoms with Crippen LogP contribution in [0, 0.1) is 22.7 Å². The van der Waals surface area contributed by atoms with Crippen molar-refractivity contribution < 1.29 is 28.6 Å². The van der Waals surface area contributed by atoms with E-state index >= 15 is 0 Å². The van der Waals surface area contributed by atoms with E-state index in [1.807, 2.05) is 6.08 Å². The first-order valence-electron chi connectivity index (χ1n) is 11.2. The second-order valence-electron chi connectivity index (χ2n) is 10.0. The Labute approximate surface area is 183 Å². The zero-order valence-electron chi connectivity index (χ0n) is 18.7. The van der Waals surface area contributed by atoms with Crippen molar-refractivity contribution in [2.75, 3.05) is 20.0 Å². The molecule has 4 rings (SSSR count). The Morgan fingerprint density at radius 2 is 2.06 bits per heavy atom. The molecule has 7 heteroatoms. The molecule has 1 unspecified atom stereocenters. The largest absolute Gasteiger partial charge is 0.460 e. The minimum absolute atomic E-state index is 0.0168. The number of hydrogen-bond acceptors (Lipinski definition) is 6. The Balaban J connectivity index is 1.61. The van der Waals surface area contributed by atoms with Gasteiger partial charge in [0.1, 0.15) is 19.4 Å². The maximum atomic E-state index is 12.4. The summed E-state index contributed by atoms with van der Waals surface area (Å²) in [6.07, 6.45) is 7.24. The molecule has 2 aliphatic carbocycles. The van der Waals surface area contributed by atoms with Crippen LogP contribution >= 0.6 is 0 Å². The highest BCUT2D eigenvalue weighted by molar-refractivity contribution is 5.95. The van der Waals surface area contributed by atoms with Gasteiger partial charge in [-0.3, -0.25) is 14.5 Å². The minimum Gasteiger partial charge on any atom is -0.460 e. The number of esters is 1. The molecule has 0 spiro atoms. The first-order chi connectivity index (χ1) is 14.7. The first kappa shape index (κ1) is 22.2. The molecule has 0 bridgehead atoms. The van der Waals surface area contributed by atoms with Crippen LogP contribution in [0.3, 0.4) is 0 Å². The normalized spacial score (nSPS) is 41.3. The molecule has 6 atom stereocenters. The maximum absolute atomic E-state index is 12.4. The van der Waals surface area contributed by atoms with Gasteiger partial charge in [-0.2, -0.15) is 0 Å². The predicted octanol–water partition coefficient (Wildman–Crippen LogP) is 2.99. The zero-order chi connectivity index (χ0) is 22.4. The van der Waals surface area contributed by atoms with Crippen LogP contribution in [-0.4, -0.2) is 55.3 Å². The van der Waals surface area contributed by atoms with Gasteiger partial charge >= 0.3 is 5.97 Å². The number of carbonyl (C=O) groups is 3. The Hall–Kier alpha value is -1.99. The predicted molar refractivity (Wildman–Crippen MR) is 113 cm³/mol. The summed E-state index contributed by atoms with van der Waals surface area (Å²) in [5.41, 5.74) is 1.59. The SMILES string of the molecule is C=C1CC[C@@H]2[C@]3(C)COCO[C@@H]3CC[C@@]2(C)[C@@H]1C/C=C1/C(=O)OCC1N(C=O)C(C)=O. The van der Waals surface area contributed by atoms with Crippen LogP contribution < -0.4 is 0 Å². The third-order valence-corrected chi connectivity index (χ3v) is 8.43. The lowest BCUT2D eigenvalue weighted by molar-refractivity contribution is -0.259. The average molecular weight is 432 g/mol. The number of allylic oxidation sites excluding steroid dienone is 2. The maximum Gasteiger partial charge on any atom is 0.336 e. The van der Waals surface area contributed by atoms with E-state index in [4.69, 9.17) is 14.2 Å². The lowest BCUT2D eigenvalue weighted by Crippen LogP contribution is -2.60. The summed E-state index contributed by atoms with van der Waals surface area (Å²) in [7, 11) is 0. The molecule has 2 amide bonds. The highest BCUT2D eigenvalue weighted by atomic mass is 16.7. The number of hydrogen-bond donors (Lipinski definition) is 0. The van der Waals surface area contributed by atoms with Crippen molar-refractivity contribution in [2.45, 2.75) is 65.0 Å². The van der Waals surface area contributed by atoms with E-state index in [0.29, 0.717) is 37.7 Å². The van der Waals surface area contributed by atoms with Gasteiger partial charge in [0.25, 0.3) is 0 Å². The molecule has 0 aromatic heterocycles. The average Bonchev–Trinajstić information content (AvgIpc) is 3.07. The molecule has 4 aliphatic rings. The molecule has 4 fully saturated rings. The van der Waals surface area contributed by atoms with Crippen LogP contribution in [-0.2, 0) is 28.6 Å². The fourth-order valence-electron chi connectivity index (χ4n) is 6.79. The molecular weight excluding hydrogens is 398 g/mol. The zero-order valence-corrected chi connectivity index (χ0v) is 18.7. The van der Waals surface area contributed by atoms with Crippen molar-refractivity contribution in [1.82, 2.24) is 4.90 Å². The van der Waals surface area contributed by atoms with E-state index in [0.717, 1.165) is 30.6 Å². The van der Waals surface area contributed by atoms with E-state index < -0.39 is 17.9 Å². The van der Waals surface area contributed by atoms with Gasteiger partial charge in [0, 0.05) is 12.3 Å². The number of ether oxygens (including phenoxy) is 3. The van der Waals surface area contributed by atoms with Gasteiger partial charge in [0.2, 0.25) is 12.3 Å². The fourth-order valence-corrected chi connectivity index (χ4v) is 6.79. The summed E-state index contributed by atoms with van der Waals surface area (Å²) in [6.45, 7) is 11.4. The topological polar surface area (TPSA) is 82.1 Å². The fraction of sp³-hybridized carbons (Fsp3) is 0.708. The third kappa shape index (κ3) is 3.55. The number of amides is 2. The van der Waals surface area contributed by atoms with Gasteiger partial charge in [0.15, 0.2) is 0 Å². The molecule has 0 radical (unpaired) electrons. The van der Waals surface area contributed by atoms with Gasteiger partial charge in [-0.05, 0) is 49.4 Å². The van der Waals surface area contributed by atoms with E-state index in [9.17, 15) is 14.4 Å². The van der Waals surface area contributed by atoms with Crippen molar-refractivity contribution in [2.24, 2.45) is 22.7 Å². The Bertz CT molecular complexity index is 821. The molecule has 2 heterocycles. The van der Waals surface area contributed by atoms with Crippen LogP contribution in [0.25, 0.3) is 0 Å². The molecule has 2 saturated heterocycles. The lowest BCUT2D eigenvalue weighted by atomic mass is 9.46. The van der Waals surface area contributed by atoms with Crippen molar-refractivity contribution in [1.29, 1.82) is 0 Å². The highest BCUT2D eigenvalue weighted by Gasteiger charge is 2.59. The number of cyclic esters (lactones) is 1. The van der Waals surface area contributed by atoms with E-state index in [-0.39, 0.29) is 29.5 Å². The summed E-state index contributed by atoms with van der Waals surface area (Å²) >= 11 is 0. The Morgan fingerprint density at radius 1 is 1.29 bits per heavy atom. The summed E-state index contributed by atoms with van der Waals surface area (Å²) in [5.74, 6) is -0.217. The van der Waals surface area contributed by atoms with Crippen molar-refractivity contribution in [3.05, 3.63) is 23.8 Å². The van der Waals surface area contributed by atoms with E-state index in [2.05, 4.69) is 20.4 Å². The van der Waals surface area contributed by atoms with Crippen molar-refractivity contribution >= 4 is 18.3 Å². The molecule has 31 heavy (non-hydrogen) atoms. The molecule has 2 aliphatic heterocycles. The van der Waals surface area contributed by atoms with E-state index in [1.165, 1.54) is 12.5 Å². The molecule has 2 saturated carbocycles. The summed E-state index contributed by atoms with van der Waals surface area (Å²) in [6, 6.07) is -0.656. The van der Waals surface area contributed by atoms with Crippen LogP contribution in [0.2, 0.25) is 0 Å². The molecule has 7 nitrogen and oxygen atoms in total. The quantitative estimate of drug-likeness (QED) is 0.295. The van der Waals surface area contributed by atoms with Gasteiger partial charge in [0.05, 0.1) is 18.3 Å². The van der Waals surface area contributed by atoms with Crippen molar-refractivity contribution in [3.8, 4) is 0 Å². The van der Waals surface area contributed by atoms with Crippen LogP contribution in [0.15, 0.2) is 23.8 Å². The van der Waals surface area contributed by atoms with Crippen LogP contribution in [0.5, 0.6) is 0 Å². The van der Waals surface area contributed by atoms with E-state index in [1.54, 1.807) is 0 Å².